The lowest BCUT2D eigenvalue weighted by Crippen LogP contribution is -2.38. The molecule has 0 bridgehead atoms. The summed E-state index contributed by atoms with van der Waals surface area (Å²) in [6, 6.07) is 14.0. The van der Waals surface area contributed by atoms with Crippen LogP contribution in [0.4, 0.5) is 5.69 Å². The highest BCUT2D eigenvalue weighted by atomic mass is 16.5. The minimum atomic E-state index is -0.677. The van der Waals surface area contributed by atoms with Gasteiger partial charge in [-0.25, -0.2) is 4.79 Å². The van der Waals surface area contributed by atoms with Gasteiger partial charge in [-0.15, -0.1) is 0 Å². The number of amides is 1. The molecule has 1 aromatic heterocycles. The molecule has 134 valence electrons. The van der Waals surface area contributed by atoms with Crippen LogP contribution < -0.4 is 16.7 Å². The molecule has 3 aromatic rings. The van der Waals surface area contributed by atoms with Crippen LogP contribution in [0, 0.1) is 6.92 Å². The molecular weight excluding hydrogens is 332 g/mol. The van der Waals surface area contributed by atoms with Gasteiger partial charge in [-0.1, -0.05) is 24.3 Å². The maximum atomic E-state index is 12.1. The summed E-state index contributed by atoms with van der Waals surface area (Å²) < 4.78 is 10.4. The smallest absolute Gasteiger partial charge is 0.336 e. The fourth-order valence-corrected chi connectivity index (χ4v) is 2.91. The predicted molar refractivity (Wildman–Crippen MR) is 101 cm³/mol. The van der Waals surface area contributed by atoms with Crippen LogP contribution in [0.3, 0.4) is 0 Å². The Morgan fingerprint density at radius 1 is 1.19 bits per heavy atom. The number of benzene rings is 2. The number of rotatable bonds is 6. The summed E-state index contributed by atoms with van der Waals surface area (Å²) >= 11 is 0. The van der Waals surface area contributed by atoms with Crippen molar-refractivity contribution in [1.82, 2.24) is 0 Å². The Balaban J connectivity index is 2.08. The van der Waals surface area contributed by atoms with Crippen molar-refractivity contribution in [3.63, 3.8) is 0 Å². The molecule has 0 radical (unpaired) electrons. The third-order valence-electron chi connectivity index (χ3n) is 4.20. The number of aryl methyl sites for hydroxylation is 1. The number of nitrogens with two attached hydrogens (primary N) is 1. The highest BCUT2D eigenvalue weighted by molar-refractivity contribution is 5.95. The standard InChI is InChI=1S/C20H20N2O4/c1-12-5-3-4-6-14(12)16-10-19(23)26-18-9-13(7-8-15(16)18)22-17(11-25-2)20(21)24/h3-10,17,22H,11H2,1-2H3,(H2,21,24)/t17-/m1/s1. The van der Waals surface area contributed by atoms with E-state index in [1.54, 1.807) is 6.07 Å². The van der Waals surface area contributed by atoms with Gasteiger partial charge in [0.1, 0.15) is 11.6 Å². The number of hydrogen-bond donors (Lipinski definition) is 2. The molecular formula is C20H20N2O4. The quantitative estimate of drug-likeness (QED) is 0.665. The Morgan fingerprint density at radius 2 is 1.96 bits per heavy atom. The molecule has 6 heteroatoms. The van der Waals surface area contributed by atoms with E-state index in [0.717, 1.165) is 22.1 Å². The molecule has 2 aromatic carbocycles. The number of hydrogen-bond acceptors (Lipinski definition) is 5. The molecule has 3 N–H and O–H groups in total. The van der Waals surface area contributed by atoms with Crippen molar-refractivity contribution in [2.75, 3.05) is 19.0 Å². The lowest BCUT2D eigenvalue weighted by molar-refractivity contribution is -0.119. The summed E-state index contributed by atoms with van der Waals surface area (Å²) in [7, 11) is 1.49. The van der Waals surface area contributed by atoms with Crippen molar-refractivity contribution in [3.8, 4) is 11.1 Å². The van der Waals surface area contributed by atoms with Crippen LogP contribution in [0.5, 0.6) is 0 Å². The van der Waals surface area contributed by atoms with Crippen molar-refractivity contribution < 1.29 is 13.9 Å². The second-order valence-corrected chi connectivity index (χ2v) is 6.06. The molecule has 3 rings (SSSR count). The van der Waals surface area contributed by atoms with E-state index in [-0.39, 0.29) is 6.61 Å². The molecule has 0 saturated heterocycles. The van der Waals surface area contributed by atoms with E-state index in [4.69, 9.17) is 14.9 Å². The second-order valence-electron chi connectivity index (χ2n) is 6.06. The second kappa shape index (κ2) is 7.41. The Labute approximate surface area is 150 Å². The first-order valence-corrected chi connectivity index (χ1v) is 8.18. The zero-order valence-electron chi connectivity index (χ0n) is 14.6. The van der Waals surface area contributed by atoms with E-state index >= 15 is 0 Å². The summed E-state index contributed by atoms with van der Waals surface area (Å²) in [6.07, 6.45) is 0. The fourth-order valence-electron chi connectivity index (χ4n) is 2.91. The van der Waals surface area contributed by atoms with Gasteiger partial charge in [-0.3, -0.25) is 4.79 Å². The van der Waals surface area contributed by atoms with E-state index < -0.39 is 17.6 Å². The van der Waals surface area contributed by atoms with Crippen molar-refractivity contribution >= 4 is 22.6 Å². The minimum absolute atomic E-state index is 0.139. The summed E-state index contributed by atoms with van der Waals surface area (Å²) in [5.74, 6) is -0.526. The van der Waals surface area contributed by atoms with Gasteiger partial charge in [-0.05, 0) is 30.2 Å². The molecule has 0 spiro atoms. The van der Waals surface area contributed by atoms with Crippen LogP contribution in [0.2, 0.25) is 0 Å². The van der Waals surface area contributed by atoms with E-state index in [2.05, 4.69) is 5.32 Å². The highest BCUT2D eigenvalue weighted by Crippen LogP contribution is 2.31. The third-order valence-corrected chi connectivity index (χ3v) is 4.20. The first kappa shape index (κ1) is 17.7. The molecule has 6 nitrogen and oxygen atoms in total. The number of methoxy groups -OCH3 is 1. The molecule has 1 atom stereocenters. The number of primary amides is 1. The van der Waals surface area contributed by atoms with E-state index in [1.165, 1.54) is 13.2 Å². The largest absolute Gasteiger partial charge is 0.423 e. The van der Waals surface area contributed by atoms with Crippen molar-refractivity contribution in [2.24, 2.45) is 5.73 Å². The lowest BCUT2D eigenvalue weighted by Gasteiger charge is -2.16. The molecule has 26 heavy (non-hydrogen) atoms. The van der Waals surface area contributed by atoms with E-state index in [1.807, 2.05) is 43.3 Å². The van der Waals surface area contributed by atoms with Gasteiger partial charge in [0.25, 0.3) is 0 Å². The van der Waals surface area contributed by atoms with Crippen LogP contribution >= 0.6 is 0 Å². The molecule has 1 heterocycles. The summed E-state index contributed by atoms with van der Waals surface area (Å²) in [5, 5.41) is 3.81. The van der Waals surface area contributed by atoms with Gasteiger partial charge in [-0.2, -0.15) is 0 Å². The van der Waals surface area contributed by atoms with Gasteiger partial charge < -0.3 is 20.2 Å². The molecule has 0 aliphatic rings. The molecule has 0 aliphatic heterocycles. The molecule has 0 saturated carbocycles. The Morgan fingerprint density at radius 3 is 2.65 bits per heavy atom. The normalized spacial score (nSPS) is 12.1. The van der Waals surface area contributed by atoms with Crippen molar-refractivity contribution in [1.29, 1.82) is 0 Å². The van der Waals surface area contributed by atoms with E-state index in [9.17, 15) is 9.59 Å². The van der Waals surface area contributed by atoms with Crippen LogP contribution in [0.15, 0.2) is 57.7 Å². The number of anilines is 1. The highest BCUT2D eigenvalue weighted by Gasteiger charge is 2.16. The zero-order chi connectivity index (χ0) is 18.7. The van der Waals surface area contributed by atoms with Crippen molar-refractivity contribution in [2.45, 2.75) is 13.0 Å². The van der Waals surface area contributed by atoms with Crippen LogP contribution in [-0.4, -0.2) is 25.7 Å². The Hall–Kier alpha value is -3.12. The van der Waals surface area contributed by atoms with Crippen LogP contribution in [-0.2, 0) is 9.53 Å². The number of nitrogens with one attached hydrogen (secondary N) is 1. The Kier molecular flexibility index (Phi) is 5.04. The van der Waals surface area contributed by atoms with Gasteiger partial charge >= 0.3 is 5.63 Å². The topological polar surface area (TPSA) is 94.6 Å². The molecule has 0 unspecified atom stereocenters. The summed E-state index contributed by atoms with van der Waals surface area (Å²) in [5.41, 5.74) is 8.83. The third kappa shape index (κ3) is 3.60. The van der Waals surface area contributed by atoms with Gasteiger partial charge in [0.2, 0.25) is 5.91 Å². The maximum Gasteiger partial charge on any atom is 0.336 e. The summed E-state index contributed by atoms with van der Waals surface area (Å²) in [4.78, 5) is 23.5. The predicted octanol–water partition coefficient (Wildman–Crippen LogP) is 2.68. The van der Waals surface area contributed by atoms with E-state index in [0.29, 0.717) is 11.3 Å². The fraction of sp³-hybridized carbons (Fsp3) is 0.200. The maximum absolute atomic E-state index is 12.1. The number of carbonyl (C=O) groups is 1. The lowest BCUT2D eigenvalue weighted by atomic mass is 9.98. The monoisotopic (exact) mass is 352 g/mol. The SMILES string of the molecule is COC[C@@H](Nc1ccc2c(-c3ccccc3C)cc(=O)oc2c1)C(N)=O. The number of ether oxygens (including phenoxy) is 1. The minimum Gasteiger partial charge on any atom is -0.423 e. The Bertz CT molecular complexity index is 1010. The summed E-state index contributed by atoms with van der Waals surface area (Å²) in [6.45, 7) is 2.13. The van der Waals surface area contributed by atoms with Gasteiger partial charge in [0, 0.05) is 35.9 Å². The molecule has 1 amide bonds. The van der Waals surface area contributed by atoms with Crippen LogP contribution in [0.1, 0.15) is 5.56 Å². The number of fused-ring (bicyclic) bond motifs is 1. The molecule has 0 aliphatic carbocycles. The first-order chi connectivity index (χ1) is 12.5. The zero-order valence-corrected chi connectivity index (χ0v) is 14.6. The van der Waals surface area contributed by atoms with Gasteiger partial charge in [0.05, 0.1) is 6.61 Å². The van der Waals surface area contributed by atoms with Crippen molar-refractivity contribution in [3.05, 3.63) is 64.5 Å². The first-order valence-electron chi connectivity index (χ1n) is 8.18. The molecule has 0 fully saturated rings. The van der Waals surface area contributed by atoms with Crippen LogP contribution in [0.25, 0.3) is 22.1 Å². The number of carbonyl (C=O) groups excluding carboxylic acids is 1. The van der Waals surface area contributed by atoms with Gasteiger partial charge in [0.15, 0.2) is 0 Å². The average Bonchev–Trinajstić information content (AvgIpc) is 2.60. The average molecular weight is 352 g/mol.